The number of ether oxygens (including phenoxy) is 2. The number of rotatable bonds is 3. The van der Waals surface area contributed by atoms with Crippen molar-refractivity contribution in [1.29, 1.82) is 0 Å². The van der Waals surface area contributed by atoms with Crippen molar-refractivity contribution in [3.63, 3.8) is 0 Å². The Morgan fingerprint density at radius 3 is 2.79 bits per heavy atom. The smallest absolute Gasteiger partial charge is 0.302 e. The fourth-order valence-corrected chi connectivity index (χ4v) is 3.99. The van der Waals surface area contributed by atoms with Gasteiger partial charge in [0.05, 0.1) is 19.3 Å². The molecule has 0 spiro atoms. The molecule has 0 amide bonds. The standard InChI is InChI=1S/C16H26O3/c1-6-14-15-10(2)7-11(3)16(9-19-14,12(15)4)8-18-13(5)17/h7,11-12,14-15H,6,8-9H2,1-5H3/t11-,12+,14+,15+,16-/m1/s1. The molecule has 19 heavy (non-hydrogen) atoms. The molecule has 5 atom stereocenters. The van der Waals surface area contributed by atoms with Crippen LogP contribution in [-0.4, -0.2) is 25.3 Å². The molecule has 2 aliphatic rings. The maximum Gasteiger partial charge on any atom is 0.302 e. The van der Waals surface area contributed by atoms with E-state index in [9.17, 15) is 4.79 Å². The van der Waals surface area contributed by atoms with Gasteiger partial charge in [-0.2, -0.15) is 0 Å². The van der Waals surface area contributed by atoms with E-state index in [1.165, 1.54) is 12.5 Å². The third-order valence-electron chi connectivity index (χ3n) is 5.30. The molecule has 1 heterocycles. The van der Waals surface area contributed by atoms with Crippen molar-refractivity contribution in [3.05, 3.63) is 11.6 Å². The number of fused-ring (bicyclic) bond motifs is 2. The number of allylic oxidation sites excluding steroid dienone is 1. The summed E-state index contributed by atoms with van der Waals surface area (Å²) in [5, 5.41) is 0. The Balaban J connectivity index is 2.31. The Labute approximate surface area is 116 Å². The molecule has 3 nitrogen and oxygen atoms in total. The van der Waals surface area contributed by atoms with E-state index in [1.54, 1.807) is 0 Å². The molecule has 108 valence electrons. The van der Waals surface area contributed by atoms with Crippen molar-refractivity contribution in [2.45, 2.75) is 47.1 Å². The van der Waals surface area contributed by atoms with Gasteiger partial charge in [0.1, 0.15) is 0 Å². The summed E-state index contributed by atoms with van der Waals surface area (Å²) in [6.07, 6.45) is 3.71. The second-order valence-corrected chi connectivity index (χ2v) is 6.28. The predicted octanol–water partition coefficient (Wildman–Crippen LogP) is 3.19. The molecule has 1 aliphatic heterocycles. The third kappa shape index (κ3) is 2.33. The summed E-state index contributed by atoms with van der Waals surface area (Å²) in [6.45, 7) is 11.6. The summed E-state index contributed by atoms with van der Waals surface area (Å²) in [5.74, 6) is 1.14. The quantitative estimate of drug-likeness (QED) is 0.581. The Morgan fingerprint density at radius 2 is 2.21 bits per heavy atom. The molecule has 1 fully saturated rings. The molecule has 0 aromatic rings. The van der Waals surface area contributed by atoms with Gasteiger partial charge in [-0.05, 0) is 25.2 Å². The number of hydrogen-bond donors (Lipinski definition) is 0. The fraction of sp³-hybridized carbons (Fsp3) is 0.812. The van der Waals surface area contributed by atoms with E-state index in [0.717, 1.165) is 6.42 Å². The van der Waals surface area contributed by atoms with Gasteiger partial charge in [-0.1, -0.05) is 32.4 Å². The minimum atomic E-state index is -0.200. The number of carbonyl (C=O) groups is 1. The monoisotopic (exact) mass is 266 g/mol. The van der Waals surface area contributed by atoms with Crippen molar-refractivity contribution in [1.82, 2.24) is 0 Å². The van der Waals surface area contributed by atoms with E-state index in [2.05, 4.69) is 33.8 Å². The van der Waals surface area contributed by atoms with E-state index < -0.39 is 0 Å². The summed E-state index contributed by atoms with van der Waals surface area (Å²) in [7, 11) is 0. The van der Waals surface area contributed by atoms with Crippen LogP contribution in [0, 0.1) is 23.2 Å². The first-order valence-corrected chi connectivity index (χ1v) is 7.35. The van der Waals surface area contributed by atoms with E-state index >= 15 is 0 Å². The highest BCUT2D eigenvalue weighted by atomic mass is 16.5. The summed E-state index contributed by atoms with van der Waals surface area (Å²) in [6, 6.07) is 0. The van der Waals surface area contributed by atoms with Crippen LogP contribution in [0.15, 0.2) is 11.6 Å². The van der Waals surface area contributed by atoms with Gasteiger partial charge in [-0.3, -0.25) is 4.79 Å². The lowest BCUT2D eigenvalue weighted by Crippen LogP contribution is -2.56. The van der Waals surface area contributed by atoms with Gasteiger partial charge in [-0.25, -0.2) is 0 Å². The number of esters is 1. The zero-order chi connectivity index (χ0) is 14.2. The van der Waals surface area contributed by atoms with Crippen molar-refractivity contribution in [3.8, 4) is 0 Å². The lowest BCUT2D eigenvalue weighted by molar-refractivity contribution is -0.179. The molecule has 3 heteroatoms. The van der Waals surface area contributed by atoms with E-state index in [0.29, 0.717) is 37.1 Å². The van der Waals surface area contributed by atoms with Crippen LogP contribution in [0.5, 0.6) is 0 Å². The molecule has 0 unspecified atom stereocenters. The number of hydrogen-bond acceptors (Lipinski definition) is 3. The van der Waals surface area contributed by atoms with Crippen LogP contribution in [0.2, 0.25) is 0 Å². The van der Waals surface area contributed by atoms with Crippen molar-refractivity contribution < 1.29 is 14.3 Å². The van der Waals surface area contributed by atoms with Gasteiger partial charge in [0.15, 0.2) is 0 Å². The van der Waals surface area contributed by atoms with Gasteiger partial charge < -0.3 is 9.47 Å². The minimum absolute atomic E-state index is 0.0541. The molecule has 0 aromatic heterocycles. The molecule has 2 rings (SSSR count). The van der Waals surface area contributed by atoms with Crippen LogP contribution >= 0.6 is 0 Å². The minimum Gasteiger partial charge on any atom is -0.465 e. The average molecular weight is 266 g/mol. The fourth-order valence-electron chi connectivity index (χ4n) is 3.99. The first kappa shape index (κ1) is 14.6. The largest absolute Gasteiger partial charge is 0.465 e. The predicted molar refractivity (Wildman–Crippen MR) is 74.7 cm³/mol. The first-order chi connectivity index (χ1) is 8.92. The van der Waals surface area contributed by atoms with Crippen molar-refractivity contribution in [2.24, 2.45) is 23.2 Å². The normalized spacial score (nSPS) is 41.6. The Bertz CT molecular complexity index is 387. The number of carbonyl (C=O) groups excluding carboxylic acids is 1. The van der Waals surface area contributed by atoms with Crippen LogP contribution in [0.3, 0.4) is 0 Å². The summed E-state index contributed by atoms with van der Waals surface area (Å²) >= 11 is 0. The summed E-state index contributed by atoms with van der Waals surface area (Å²) < 4.78 is 11.5. The van der Waals surface area contributed by atoms with E-state index in [1.807, 2.05) is 0 Å². The van der Waals surface area contributed by atoms with Gasteiger partial charge in [0, 0.05) is 18.3 Å². The second-order valence-electron chi connectivity index (χ2n) is 6.28. The molecule has 0 saturated carbocycles. The molecule has 2 bridgehead atoms. The summed E-state index contributed by atoms with van der Waals surface area (Å²) in [4.78, 5) is 11.2. The molecular weight excluding hydrogens is 240 g/mol. The van der Waals surface area contributed by atoms with Crippen LogP contribution in [0.25, 0.3) is 0 Å². The highest BCUT2D eigenvalue weighted by Gasteiger charge is 2.53. The maximum atomic E-state index is 11.2. The molecule has 0 aromatic carbocycles. The van der Waals surface area contributed by atoms with Gasteiger partial charge in [-0.15, -0.1) is 0 Å². The molecule has 1 aliphatic carbocycles. The van der Waals surface area contributed by atoms with Gasteiger partial charge in [0.25, 0.3) is 0 Å². The zero-order valence-electron chi connectivity index (χ0n) is 12.7. The van der Waals surface area contributed by atoms with Gasteiger partial charge in [0.2, 0.25) is 0 Å². The van der Waals surface area contributed by atoms with Crippen LogP contribution in [-0.2, 0) is 14.3 Å². The highest BCUT2D eigenvalue weighted by molar-refractivity contribution is 5.65. The van der Waals surface area contributed by atoms with Crippen LogP contribution in [0.4, 0.5) is 0 Å². The zero-order valence-corrected chi connectivity index (χ0v) is 12.7. The molecule has 0 N–H and O–H groups in total. The summed E-state index contributed by atoms with van der Waals surface area (Å²) in [5.41, 5.74) is 1.38. The topological polar surface area (TPSA) is 35.5 Å². The Morgan fingerprint density at radius 1 is 1.53 bits per heavy atom. The molecule has 1 saturated heterocycles. The van der Waals surface area contributed by atoms with E-state index in [-0.39, 0.29) is 11.4 Å². The Hall–Kier alpha value is -0.830. The van der Waals surface area contributed by atoms with Crippen molar-refractivity contribution in [2.75, 3.05) is 13.2 Å². The Kier molecular flexibility index (Phi) is 4.05. The van der Waals surface area contributed by atoms with E-state index in [4.69, 9.17) is 9.47 Å². The second kappa shape index (κ2) is 5.28. The van der Waals surface area contributed by atoms with Gasteiger partial charge >= 0.3 is 5.97 Å². The molecular formula is C16H26O3. The van der Waals surface area contributed by atoms with Crippen molar-refractivity contribution >= 4 is 5.97 Å². The SMILES string of the molecule is CC[C@@H]1OC[C@]2(COC(C)=O)[C@H](C)C=C(C)[C@H]1[C@@H]2C. The third-order valence-corrected chi connectivity index (χ3v) is 5.30. The van der Waals surface area contributed by atoms with Crippen LogP contribution in [0.1, 0.15) is 41.0 Å². The lowest BCUT2D eigenvalue weighted by Gasteiger charge is -2.55. The highest BCUT2D eigenvalue weighted by Crippen LogP contribution is 2.53. The average Bonchev–Trinajstić information content (AvgIpc) is 2.34. The molecule has 0 radical (unpaired) electrons. The first-order valence-electron chi connectivity index (χ1n) is 7.35. The lowest BCUT2D eigenvalue weighted by atomic mass is 9.56. The van der Waals surface area contributed by atoms with Crippen LogP contribution < -0.4 is 0 Å². The maximum absolute atomic E-state index is 11.2.